The van der Waals surface area contributed by atoms with Crippen LogP contribution in [0, 0.1) is 6.92 Å². The van der Waals surface area contributed by atoms with Gasteiger partial charge in [-0.25, -0.2) is 4.98 Å². The minimum absolute atomic E-state index is 0.326. The smallest absolute Gasteiger partial charge is 0.272 e. The highest BCUT2D eigenvalue weighted by Crippen LogP contribution is 2.29. The molecule has 1 atom stereocenters. The van der Waals surface area contributed by atoms with Crippen molar-refractivity contribution in [2.75, 3.05) is 0 Å². The second-order valence-corrected chi connectivity index (χ2v) is 5.58. The first-order chi connectivity index (χ1) is 9.49. The number of hydrogen-bond acceptors (Lipinski definition) is 4. The van der Waals surface area contributed by atoms with Gasteiger partial charge >= 0.3 is 0 Å². The summed E-state index contributed by atoms with van der Waals surface area (Å²) in [6.45, 7) is 3.38. The van der Waals surface area contributed by atoms with Gasteiger partial charge in [-0.3, -0.25) is 9.59 Å². The number of aryl methyl sites for hydroxylation is 1. The van der Waals surface area contributed by atoms with E-state index in [4.69, 9.17) is 5.73 Å². The Hall–Kier alpha value is -2.21. The first kappa shape index (κ1) is 14.2. The summed E-state index contributed by atoms with van der Waals surface area (Å²) in [5.74, 6) is -0.967. The normalized spacial score (nSPS) is 11.9. The SMILES string of the molecule is Cc1nc(C(=O)N[C@@H](C)C(N)=O)c(-c2ccccc2)s1. The van der Waals surface area contributed by atoms with Gasteiger partial charge in [0.2, 0.25) is 5.91 Å². The third kappa shape index (κ3) is 3.03. The Morgan fingerprint density at radius 2 is 1.95 bits per heavy atom. The average Bonchev–Trinajstić information content (AvgIpc) is 2.81. The van der Waals surface area contributed by atoms with Crippen LogP contribution in [0.4, 0.5) is 0 Å². The molecule has 0 saturated heterocycles. The molecule has 0 spiro atoms. The average molecular weight is 289 g/mol. The van der Waals surface area contributed by atoms with Crippen molar-refractivity contribution in [2.45, 2.75) is 19.9 Å². The summed E-state index contributed by atoms with van der Waals surface area (Å²) in [7, 11) is 0. The molecule has 6 heteroatoms. The fraction of sp³-hybridized carbons (Fsp3) is 0.214. The number of carbonyl (C=O) groups excluding carboxylic acids is 2. The molecule has 2 amide bonds. The number of carbonyl (C=O) groups is 2. The number of amides is 2. The number of nitrogens with zero attached hydrogens (tertiary/aromatic N) is 1. The molecule has 5 nitrogen and oxygen atoms in total. The van der Waals surface area contributed by atoms with Crippen LogP contribution in [0.15, 0.2) is 30.3 Å². The Labute approximate surface area is 120 Å². The number of hydrogen-bond donors (Lipinski definition) is 2. The lowest BCUT2D eigenvalue weighted by Crippen LogP contribution is -2.42. The molecule has 20 heavy (non-hydrogen) atoms. The molecule has 0 bridgehead atoms. The van der Waals surface area contributed by atoms with Gasteiger partial charge in [-0.2, -0.15) is 0 Å². The summed E-state index contributed by atoms with van der Waals surface area (Å²) in [6, 6.07) is 8.82. The second kappa shape index (κ2) is 5.83. The van der Waals surface area contributed by atoms with Crippen LogP contribution < -0.4 is 11.1 Å². The van der Waals surface area contributed by atoms with E-state index >= 15 is 0 Å². The van der Waals surface area contributed by atoms with Crippen LogP contribution in [-0.4, -0.2) is 22.8 Å². The van der Waals surface area contributed by atoms with Crippen LogP contribution in [-0.2, 0) is 4.79 Å². The highest BCUT2D eigenvalue weighted by Gasteiger charge is 2.21. The lowest BCUT2D eigenvalue weighted by Gasteiger charge is -2.09. The summed E-state index contributed by atoms with van der Waals surface area (Å²) in [5.41, 5.74) is 6.40. The predicted octanol–water partition coefficient (Wildman–Crippen LogP) is 1.72. The van der Waals surface area contributed by atoms with Crippen LogP contribution in [0.25, 0.3) is 10.4 Å². The Morgan fingerprint density at radius 3 is 2.55 bits per heavy atom. The number of aromatic nitrogens is 1. The molecule has 2 rings (SSSR count). The molecule has 0 aliphatic rings. The third-order valence-electron chi connectivity index (χ3n) is 2.76. The standard InChI is InChI=1S/C14H15N3O2S/c1-8(13(15)18)16-14(19)11-12(20-9(2)17-11)10-6-4-3-5-7-10/h3-8H,1-2H3,(H2,15,18)(H,16,19)/t8-/m0/s1. The van der Waals surface area contributed by atoms with Gasteiger partial charge in [0.05, 0.1) is 9.88 Å². The minimum atomic E-state index is -0.729. The van der Waals surface area contributed by atoms with Gasteiger partial charge in [0.1, 0.15) is 11.7 Å². The van der Waals surface area contributed by atoms with Crippen molar-refractivity contribution in [2.24, 2.45) is 5.73 Å². The van der Waals surface area contributed by atoms with Crippen molar-refractivity contribution in [3.05, 3.63) is 41.0 Å². The highest BCUT2D eigenvalue weighted by atomic mass is 32.1. The lowest BCUT2D eigenvalue weighted by atomic mass is 10.1. The third-order valence-corrected chi connectivity index (χ3v) is 3.78. The van der Waals surface area contributed by atoms with Gasteiger partial charge in [0.15, 0.2) is 0 Å². The molecule has 3 N–H and O–H groups in total. The fourth-order valence-corrected chi connectivity index (χ4v) is 2.62. The molecule has 0 saturated carbocycles. The molecular weight excluding hydrogens is 274 g/mol. The molecule has 1 aromatic carbocycles. The van der Waals surface area contributed by atoms with Crippen molar-refractivity contribution in [1.29, 1.82) is 0 Å². The number of thiazole rings is 1. The predicted molar refractivity (Wildman–Crippen MR) is 78.4 cm³/mol. The van der Waals surface area contributed by atoms with Crippen molar-refractivity contribution < 1.29 is 9.59 Å². The number of nitrogens with two attached hydrogens (primary N) is 1. The zero-order valence-corrected chi connectivity index (χ0v) is 12.0. The maximum absolute atomic E-state index is 12.2. The number of rotatable bonds is 4. The van der Waals surface area contributed by atoms with Crippen LogP contribution in [0.1, 0.15) is 22.4 Å². The second-order valence-electron chi connectivity index (χ2n) is 4.37. The zero-order valence-electron chi connectivity index (χ0n) is 11.2. The Balaban J connectivity index is 2.33. The molecule has 0 radical (unpaired) electrons. The van der Waals surface area contributed by atoms with Crippen LogP contribution in [0.5, 0.6) is 0 Å². The number of primary amides is 1. The van der Waals surface area contributed by atoms with Gasteiger partial charge in [-0.15, -0.1) is 11.3 Å². The van der Waals surface area contributed by atoms with E-state index in [1.807, 2.05) is 37.3 Å². The molecule has 1 aromatic heterocycles. The van der Waals surface area contributed by atoms with E-state index in [0.29, 0.717) is 5.69 Å². The highest BCUT2D eigenvalue weighted by molar-refractivity contribution is 7.15. The molecule has 0 aliphatic carbocycles. The van der Waals surface area contributed by atoms with Crippen LogP contribution in [0.3, 0.4) is 0 Å². The van der Waals surface area contributed by atoms with E-state index in [0.717, 1.165) is 15.4 Å². The monoisotopic (exact) mass is 289 g/mol. The molecule has 0 aliphatic heterocycles. The molecule has 0 unspecified atom stereocenters. The Bertz CT molecular complexity index is 637. The van der Waals surface area contributed by atoms with Gasteiger partial charge in [-0.05, 0) is 19.4 Å². The van der Waals surface area contributed by atoms with Crippen molar-refractivity contribution >= 4 is 23.2 Å². The summed E-state index contributed by atoms with van der Waals surface area (Å²) in [6.07, 6.45) is 0. The number of benzene rings is 1. The molecule has 104 valence electrons. The van der Waals surface area contributed by atoms with Gasteiger partial charge < -0.3 is 11.1 Å². The maximum Gasteiger partial charge on any atom is 0.272 e. The van der Waals surface area contributed by atoms with E-state index in [1.54, 1.807) is 6.92 Å². The summed E-state index contributed by atoms with van der Waals surface area (Å²) in [4.78, 5) is 28.3. The topological polar surface area (TPSA) is 85.1 Å². The van der Waals surface area contributed by atoms with E-state index < -0.39 is 11.9 Å². The van der Waals surface area contributed by atoms with Gasteiger partial charge in [0, 0.05) is 0 Å². The summed E-state index contributed by atoms with van der Waals surface area (Å²) in [5, 5.41) is 3.34. The minimum Gasteiger partial charge on any atom is -0.368 e. The van der Waals surface area contributed by atoms with E-state index in [1.165, 1.54) is 11.3 Å². The number of nitrogens with one attached hydrogen (secondary N) is 1. The van der Waals surface area contributed by atoms with Gasteiger partial charge in [-0.1, -0.05) is 30.3 Å². The summed E-state index contributed by atoms with van der Waals surface area (Å²) >= 11 is 1.44. The molecule has 1 heterocycles. The van der Waals surface area contributed by atoms with Crippen LogP contribution in [0.2, 0.25) is 0 Å². The summed E-state index contributed by atoms with van der Waals surface area (Å²) < 4.78 is 0. The maximum atomic E-state index is 12.2. The molecular formula is C14H15N3O2S. The van der Waals surface area contributed by atoms with E-state index in [-0.39, 0.29) is 5.91 Å². The largest absolute Gasteiger partial charge is 0.368 e. The Kier molecular flexibility index (Phi) is 4.14. The zero-order chi connectivity index (χ0) is 14.7. The molecule has 2 aromatic rings. The van der Waals surface area contributed by atoms with Gasteiger partial charge in [0.25, 0.3) is 5.91 Å². The first-order valence-electron chi connectivity index (χ1n) is 6.12. The fourth-order valence-electron chi connectivity index (χ4n) is 1.70. The van der Waals surface area contributed by atoms with Crippen molar-refractivity contribution in [3.8, 4) is 10.4 Å². The van der Waals surface area contributed by atoms with E-state index in [2.05, 4.69) is 10.3 Å². The van der Waals surface area contributed by atoms with Crippen LogP contribution >= 0.6 is 11.3 Å². The lowest BCUT2D eigenvalue weighted by molar-refractivity contribution is -0.119. The molecule has 0 fully saturated rings. The quantitative estimate of drug-likeness (QED) is 0.898. The van der Waals surface area contributed by atoms with Crippen molar-refractivity contribution in [3.63, 3.8) is 0 Å². The first-order valence-corrected chi connectivity index (χ1v) is 6.93. The van der Waals surface area contributed by atoms with Crippen molar-refractivity contribution in [1.82, 2.24) is 10.3 Å². The van der Waals surface area contributed by atoms with E-state index in [9.17, 15) is 9.59 Å². The Morgan fingerprint density at radius 1 is 1.30 bits per heavy atom.